The van der Waals surface area contributed by atoms with Gasteiger partial charge in [0.15, 0.2) is 0 Å². The third-order valence-electron chi connectivity index (χ3n) is 7.95. The predicted molar refractivity (Wildman–Crippen MR) is 117 cm³/mol. The van der Waals surface area contributed by atoms with E-state index in [0.717, 1.165) is 30.0 Å². The molecule has 0 saturated heterocycles. The Bertz CT molecular complexity index is 819. The number of fused-ring (bicyclic) bond motifs is 1. The Hall–Kier alpha value is -1.54. The smallest absolute Gasteiger partial charge is 0.124 e. The third-order valence-corrected chi connectivity index (χ3v) is 7.95. The summed E-state index contributed by atoms with van der Waals surface area (Å²) >= 11 is 0. The summed E-state index contributed by atoms with van der Waals surface area (Å²) in [6.07, 6.45) is 9.11. The van der Waals surface area contributed by atoms with Gasteiger partial charge in [0.1, 0.15) is 5.75 Å². The number of hydrogen-bond donors (Lipinski definition) is 1. The Morgan fingerprint density at radius 3 is 2.21 bits per heavy atom. The van der Waals surface area contributed by atoms with E-state index in [4.69, 9.17) is 4.74 Å². The highest BCUT2D eigenvalue weighted by molar-refractivity contribution is 5.87. The molecule has 2 nitrogen and oxygen atoms in total. The minimum absolute atomic E-state index is 0.195. The van der Waals surface area contributed by atoms with Crippen LogP contribution in [0.5, 0.6) is 5.75 Å². The molecule has 0 radical (unpaired) electrons. The van der Waals surface area contributed by atoms with Gasteiger partial charge in [0.2, 0.25) is 0 Å². The lowest BCUT2D eigenvalue weighted by molar-refractivity contribution is -0.0706. The van der Waals surface area contributed by atoms with Gasteiger partial charge < -0.3 is 10.1 Å². The van der Waals surface area contributed by atoms with Crippen LogP contribution in [0.1, 0.15) is 64.9 Å². The van der Waals surface area contributed by atoms with Crippen LogP contribution in [0.2, 0.25) is 0 Å². The molecule has 4 aliphatic rings. The molecule has 2 aromatic carbocycles. The number of benzene rings is 2. The molecule has 1 N–H and O–H groups in total. The lowest BCUT2D eigenvalue weighted by atomic mass is 9.48. The molecule has 0 aliphatic heterocycles. The number of nitrogens with one attached hydrogen (secondary N) is 1. The summed E-state index contributed by atoms with van der Waals surface area (Å²) in [5, 5.41) is 6.61. The molecule has 6 rings (SSSR count). The van der Waals surface area contributed by atoms with E-state index in [2.05, 4.69) is 62.5 Å². The molecule has 150 valence electrons. The summed E-state index contributed by atoms with van der Waals surface area (Å²) in [4.78, 5) is 0. The first-order chi connectivity index (χ1) is 13.5. The maximum atomic E-state index is 6.20. The highest BCUT2D eigenvalue weighted by atomic mass is 16.5. The molecule has 28 heavy (non-hydrogen) atoms. The van der Waals surface area contributed by atoms with Crippen LogP contribution in [-0.2, 0) is 6.54 Å². The highest BCUT2D eigenvalue weighted by Crippen LogP contribution is 2.61. The van der Waals surface area contributed by atoms with E-state index in [1.54, 1.807) is 0 Å². The summed E-state index contributed by atoms with van der Waals surface area (Å²) in [7, 11) is 0. The second-order valence-electron chi connectivity index (χ2n) is 10.3. The molecule has 1 unspecified atom stereocenters. The average molecular weight is 378 g/mol. The van der Waals surface area contributed by atoms with Crippen LogP contribution < -0.4 is 10.1 Å². The van der Waals surface area contributed by atoms with Crippen LogP contribution in [0.15, 0.2) is 36.4 Å². The largest absolute Gasteiger partial charge is 0.491 e. The van der Waals surface area contributed by atoms with Gasteiger partial charge in [0.25, 0.3) is 0 Å². The van der Waals surface area contributed by atoms with Gasteiger partial charge in [-0.2, -0.15) is 0 Å². The van der Waals surface area contributed by atoms with E-state index >= 15 is 0 Å². The van der Waals surface area contributed by atoms with E-state index in [-0.39, 0.29) is 6.10 Å². The first-order valence-corrected chi connectivity index (χ1v) is 11.4. The quantitative estimate of drug-likeness (QED) is 0.636. The molecular weight excluding hydrogens is 342 g/mol. The van der Waals surface area contributed by atoms with Crippen molar-refractivity contribution in [3.8, 4) is 5.75 Å². The maximum absolute atomic E-state index is 6.20. The molecule has 4 bridgehead atoms. The first-order valence-electron chi connectivity index (χ1n) is 11.4. The summed E-state index contributed by atoms with van der Waals surface area (Å²) in [6, 6.07) is 13.7. The zero-order valence-electron chi connectivity index (χ0n) is 17.7. The SMILES string of the molecule is CC(C)Oc1ccc2ccccc2c1CNC(C)C12CC3CC(CC(C3)C1)C2. The molecule has 4 aliphatic carbocycles. The molecule has 2 heteroatoms. The second kappa shape index (κ2) is 7.06. The molecule has 4 fully saturated rings. The Labute approximate surface area is 170 Å². The Kier molecular flexibility index (Phi) is 4.66. The summed E-state index contributed by atoms with van der Waals surface area (Å²) in [5.41, 5.74) is 1.86. The van der Waals surface area contributed by atoms with Gasteiger partial charge in [0, 0.05) is 18.2 Å². The molecule has 1 atom stereocenters. The van der Waals surface area contributed by atoms with E-state index < -0.39 is 0 Å². The lowest BCUT2D eigenvalue weighted by Crippen LogP contribution is -2.54. The minimum atomic E-state index is 0.195. The fourth-order valence-corrected chi connectivity index (χ4v) is 7.04. The standard InChI is InChI=1S/C26H35NO/c1-17(2)28-25-9-8-22-6-4-5-7-23(22)24(25)16-27-18(3)26-13-19-10-20(14-26)12-21(11-19)15-26/h4-9,17-21,27H,10-16H2,1-3H3. The Balaban J connectivity index is 1.39. The van der Waals surface area contributed by atoms with Crippen molar-refractivity contribution in [1.29, 1.82) is 0 Å². The zero-order chi connectivity index (χ0) is 19.3. The first kappa shape index (κ1) is 18.5. The predicted octanol–water partition coefficient (Wildman–Crippen LogP) is 6.32. The van der Waals surface area contributed by atoms with Crippen molar-refractivity contribution in [2.24, 2.45) is 23.2 Å². The van der Waals surface area contributed by atoms with Crippen molar-refractivity contribution in [2.75, 3.05) is 0 Å². The van der Waals surface area contributed by atoms with Gasteiger partial charge in [-0.05, 0) is 99.3 Å². The van der Waals surface area contributed by atoms with Gasteiger partial charge in [-0.1, -0.05) is 30.3 Å². The lowest BCUT2D eigenvalue weighted by Gasteiger charge is -2.59. The molecule has 0 amide bonds. The number of rotatable bonds is 6. The monoisotopic (exact) mass is 377 g/mol. The summed E-state index contributed by atoms with van der Waals surface area (Å²) in [5.74, 6) is 4.06. The summed E-state index contributed by atoms with van der Waals surface area (Å²) in [6.45, 7) is 7.59. The fourth-order valence-electron chi connectivity index (χ4n) is 7.04. The van der Waals surface area contributed by atoms with Crippen molar-refractivity contribution < 1.29 is 4.74 Å². The fraction of sp³-hybridized carbons (Fsp3) is 0.615. The van der Waals surface area contributed by atoms with E-state index in [1.807, 2.05) is 0 Å². The van der Waals surface area contributed by atoms with Crippen molar-refractivity contribution >= 4 is 10.8 Å². The van der Waals surface area contributed by atoms with Gasteiger partial charge >= 0.3 is 0 Å². The maximum Gasteiger partial charge on any atom is 0.124 e. The van der Waals surface area contributed by atoms with Crippen LogP contribution in [0.25, 0.3) is 10.8 Å². The summed E-state index contributed by atoms with van der Waals surface area (Å²) < 4.78 is 6.20. The van der Waals surface area contributed by atoms with Crippen molar-refractivity contribution in [3.05, 3.63) is 42.0 Å². The van der Waals surface area contributed by atoms with Crippen molar-refractivity contribution in [3.63, 3.8) is 0 Å². The van der Waals surface area contributed by atoms with Gasteiger partial charge in [0.05, 0.1) is 6.10 Å². The van der Waals surface area contributed by atoms with Gasteiger partial charge in [-0.3, -0.25) is 0 Å². The number of hydrogen-bond acceptors (Lipinski definition) is 2. The van der Waals surface area contributed by atoms with Gasteiger partial charge in [-0.25, -0.2) is 0 Å². The van der Waals surface area contributed by atoms with Crippen LogP contribution >= 0.6 is 0 Å². The molecule has 0 heterocycles. The highest BCUT2D eigenvalue weighted by Gasteiger charge is 2.52. The van der Waals surface area contributed by atoms with E-state index in [9.17, 15) is 0 Å². The van der Waals surface area contributed by atoms with Crippen LogP contribution in [-0.4, -0.2) is 12.1 Å². The normalized spacial score (nSPS) is 32.2. The van der Waals surface area contributed by atoms with Crippen LogP contribution in [0.3, 0.4) is 0 Å². The number of ether oxygens (including phenoxy) is 1. The van der Waals surface area contributed by atoms with E-state index in [0.29, 0.717) is 11.5 Å². The minimum Gasteiger partial charge on any atom is -0.491 e. The average Bonchev–Trinajstić information content (AvgIpc) is 2.65. The second-order valence-corrected chi connectivity index (χ2v) is 10.3. The van der Waals surface area contributed by atoms with Crippen molar-refractivity contribution in [1.82, 2.24) is 5.32 Å². The van der Waals surface area contributed by atoms with Gasteiger partial charge in [-0.15, -0.1) is 0 Å². The van der Waals surface area contributed by atoms with Crippen LogP contribution in [0.4, 0.5) is 0 Å². The van der Waals surface area contributed by atoms with E-state index in [1.165, 1.54) is 54.9 Å². The topological polar surface area (TPSA) is 21.3 Å². The van der Waals surface area contributed by atoms with Crippen molar-refractivity contribution in [2.45, 2.75) is 78.0 Å². The van der Waals surface area contributed by atoms with Crippen LogP contribution in [0, 0.1) is 23.2 Å². The molecule has 2 aromatic rings. The third kappa shape index (κ3) is 3.24. The molecular formula is C26H35NO. The molecule has 4 saturated carbocycles. The molecule has 0 aromatic heterocycles. The Morgan fingerprint density at radius 2 is 1.57 bits per heavy atom. The Morgan fingerprint density at radius 1 is 0.929 bits per heavy atom. The molecule has 0 spiro atoms. The zero-order valence-corrected chi connectivity index (χ0v) is 17.7.